The van der Waals surface area contributed by atoms with Crippen LogP contribution in [0.5, 0.6) is 0 Å². The monoisotopic (exact) mass is 401 g/mol. The summed E-state index contributed by atoms with van der Waals surface area (Å²) < 4.78 is 35.7. The van der Waals surface area contributed by atoms with Crippen LogP contribution in [0.15, 0.2) is 17.5 Å². The number of hydrogen-bond acceptors (Lipinski definition) is 5. The van der Waals surface area contributed by atoms with E-state index in [0.29, 0.717) is 19.6 Å². The predicted molar refractivity (Wildman–Crippen MR) is 106 cm³/mol. The Morgan fingerprint density at radius 3 is 2.46 bits per heavy atom. The van der Waals surface area contributed by atoms with Crippen LogP contribution in [-0.4, -0.2) is 62.6 Å². The summed E-state index contributed by atoms with van der Waals surface area (Å²) in [4.78, 5) is 3.66. The summed E-state index contributed by atoms with van der Waals surface area (Å²) in [6.45, 7) is 9.41. The lowest BCUT2D eigenvalue weighted by Gasteiger charge is -2.37. The Balaban J connectivity index is 1.67. The second-order valence-corrected chi connectivity index (χ2v) is 10.4. The van der Waals surface area contributed by atoms with Gasteiger partial charge in [-0.1, -0.05) is 13.0 Å². The first-order valence-electron chi connectivity index (χ1n) is 9.53. The van der Waals surface area contributed by atoms with Gasteiger partial charge in [-0.2, -0.15) is 12.7 Å². The van der Waals surface area contributed by atoms with Crippen molar-refractivity contribution >= 4 is 21.5 Å². The maximum Gasteiger partial charge on any atom is 0.279 e. The number of rotatable bonds is 6. The third-order valence-electron chi connectivity index (χ3n) is 5.32. The first-order chi connectivity index (χ1) is 12.3. The Kier molecular flexibility index (Phi) is 6.74. The fourth-order valence-electron chi connectivity index (χ4n) is 3.83. The molecule has 1 N–H and O–H groups in total. The topological polar surface area (TPSA) is 61.9 Å². The highest BCUT2D eigenvalue weighted by Crippen LogP contribution is 2.29. The molecule has 2 fully saturated rings. The molecule has 0 aromatic carbocycles. The average Bonchev–Trinajstić information content (AvgIpc) is 3.10. The van der Waals surface area contributed by atoms with Crippen LogP contribution >= 0.6 is 11.3 Å². The molecule has 8 heteroatoms. The minimum absolute atomic E-state index is 0.0769. The normalized spacial score (nSPS) is 28.3. The van der Waals surface area contributed by atoms with Crippen molar-refractivity contribution in [1.29, 1.82) is 0 Å². The molecule has 0 saturated carbocycles. The molecule has 0 radical (unpaired) electrons. The van der Waals surface area contributed by atoms with Crippen molar-refractivity contribution in [3.8, 4) is 0 Å². The molecule has 0 aliphatic carbocycles. The van der Waals surface area contributed by atoms with Crippen LogP contribution < -0.4 is 4.72 Å². The van der Waals surface area contributed by atoms with Gasteiger partial charge in [0.25, 0.3) is 10.2 Å². The predicted octanol–water partition coefficient (Wildman–Crippen LogP) is 2.46. The molecule has 1 aromatic rings. The zero-order valence-corrected chi connectivity index (χ0v) is 17.6. The Labute approximate surface area is 161 Å². The molecule has 0 spiro atoms. The Bertz CT molecular complexity index is 647. The fourth-order valence-corrected chi connectivity index (χ4v) is 6.06. The van der Waals surface area contributed by atoms with Gasteiger partial charge in [-0.15, -0.1) is 11.3 Å². The summed E-state index contributed by atoms with van der Waals surface area (Å²) in [6.07, 6.45) is 2.19. The van der Waals surface area contributed by atoms with Gasteiger partial charge in [-0.3, -0.25) is 4.90 Å². The third-order valence-corrected chi connectivity index (χ3v) is 7.80. The lowest BCUT2D eigenvalue weighted by atomic mass is 9.97. The molecule has 0 bridgehead atoms. The lowest BCUT2D eigenvalue weighted by molar-refractivity contribution is -0.0444. The van der Waals surface area contributed by atoms with Crippen LogP contribution in [-0.2, 0) is 14.9 Å². The zero-order valence-electron chi connectivity index (χ0n) is 15.9. The van der Waals surface area contributed by atoms with Gasteiger partial charge < -0.3 is 4.74 Å². The van der Waals surface area contributed by atoms with Gasteiger partial charge in [-0.25, -0.2) is 4.72 Å². The van der Waals surface area contributed by atoms with E-state index in [-0.39, 0.29) is 18.2 Å². The van der Waals surface area contributed by atoms with Gasteiger partial charge in [0.2, 0.25) is 0 Å². The van der Waals surface area contributed by atoms with Crippen LogP contribution in [0.25, 0.3) is 0 Å². The molecule has 2 aliphatic rings. The van der Waals surface area contributed by atoms with E-state index in [0.717, 1.165) is 19.0 Å². The summed E-state index contributed by atoms with van der Waals surface area (Å²) in [7, 11) is -3.50. The number of nitrogens with zero attached hydrogens (tertiary/aromatic N) is 2. The van der Waals surface area contributed by atoms with E-state index in [4.69, 9.17) is 4.74 Å². The van der Waals surface area contributed by atoms with Crippen molar-refractivity contribution < 1.29 is 13.2 Å². The van der Waals surface area contributed by atoms with Crippen LogP contribution in [0.4, 0.5) is 0 Å². The van der Waals surface area contributed by atoms with E-state index in [9.17, 15) is 8.42 Å². The van der Waals surface area contributed by atoms with Crippen LogP contribution in [0.1, 0.15) is 44.5 Å². The van der Waals surface area contributed by atoms with Crippen LogP contribution in [0.2, 0.25) is 0 Å². The van der Waals surface area contributed by atoms with Gasteiger partial charge >= 0.3 is 0 Å². The third kappa shape index (κ3) is 5.05. The SMILES string of the molecule is CC1CCN(C(CNS(=O)(=O)N2CC(C)OC(C)C2)c2cccs2)CC1. The summed E-state index contributed by atoms with van der Waals surface area (Å²) in [5, 5.41) is 2.06. The van der Waals surface area contributed by atoms with Crippen molar-refractivity contribution in [3.05, 3.63) is 22.4 Å². The Hall–Kier alpha value is -0.510. The van der Waals surface area contributed by atoms with Crippen molar-refractivity contribution in [2.75, 3.05) is 32.7 Å². The van der Waals surface area contributed by atoms with E-state index >= 15 is 0 Å². The standard InChI is InChI=1S/C18H31N3O3S2/c1-14-6-8-20(9-7-14)17(18-5-4-10-25-18)11-19-26(22,23)21-12-15(2)24-16(3)13-21/h4-5,10,14-17,19H,6-9,11-13H2,1-3H3. The molecule has 3 heterocycles. The molecule has 3 unspecified atom stereocenters. The second-order valence-electron chi connectivity index (χ2n) is 7.68. The summed E-state index contributed by atoms with van der Waals surface area (Å²) in [5.41, 5.74) is 0. The highest BCUT2D eigenvalue weighted by Gasteiger charge is 2.32. The number of thiophene rings is 1. The lowest BCUT2D eigenvalue weighted by Crippen LogP contribution is -2.53. The minimum atomic E-state index is -3.50. The van der Waals surface area contributed by atoms with E-state index in [1.165, 1.54) is 22.0 Å². The van der Waals surface area contributed by atoms with Crippen molar-refractivity contribution in [3.63, 3.8) is 0 Å². The van der Waals surface area contributed by atoms with Gasteiger partial charge in [0.15, 0.2) is 0 Å². The first kappa shape index (κ1) is 20.2. The first-order valence-corrected chi connectivity index (χ1v) is 11.8. The van der Waals surface area contributed by atoms with E-state index in [1.54, 1.807) is 11.3 Å². The molecule has 0 amide bonds. The number of nitrogens with one attached hydrogen (secondary N) is 1. The zero-order chi connectivity index (χ0) is 18.7. The van der Waals surface area contributed by atoms with Crippen LogP contribution in [0, 0.1) is 5.92 Å². The highest BCUT2D eigenvalue weighted by atomic mass is 32.2. The molecule has 3 atom stereocenters. The number of likely N-dealkylation sites (tertiary alicyclic amines) is 1. The summed E-state index contributed by atoms with van der Waals surface area (Å²) in [6, 6.07) is 4.26. The van der Waals surface area contributed by atoms with Crippen molar-refractivity contribution in [1.82, 2.24) is 13.9 Å². The number of piperidine rings is 1. The number of morpholine rings is 1. The Morgan fingerprint density at radius 2 is 1.88 bits per heavy atom. The quantitative estimate of drug-likeness (QED) is 0.795. The van der Waals surface area contributed by atoms with E-state index in [2.05, 4.69) is 28.0 Å². The van der Waals surface area contributed by atoms with Gasteiger partial charge in [0, 0.05) is 24.5 Å². The average molecular weight is 402 g/mol. The second kappa shape index (κ2) is 8.67. The van der Waals surface area contributed by atoms with Crippen molar-refractivity contribution in [2.45, 2.75) is 51.9 Å². The molecule has 3 rings (SSSR count). The fraction of sp³-hybridized carbons (Fsp3) is 0.778. The molecular formula is C18H31N3O3S2. The molecule has 148 valence electrons. The molecule has 2 aliphatic heterocycles. The number of ether oxygens (including phenoxy) is 1. The van der Waals surface area contributed by atoms with E-state index in [1.807, 2.05) is 19.9 Å². The summed E-state index contributed by atoms with van der Waals surface area (Å²) >= 11 is 1.70. The highest BCUT2D eigenvalue weighted by molar-refractivity contribution is 7.87. The minimum Gasteiger partial charge on any atom is -0.373 e. The molecule has 26 heavy (non-hydrogen) atoms. The molecule has 1 aromatic heterocycles. The van der Waals surface area contributed by atoms with Gasteiger partial charge in [-0.05, 0) is 57.1 Å². The van der Waals surface area contributed by atoms with Gasteiger partial charge in [0.1, 0.15) is 0 Å². The van der Waals surface area contributed by atoms with Crippen LogP contribution in [0.3, 0.4) is 0 Å². The van der Waals surface area contributed by atoms with Gasteiger partial charge in [0.05, 0.1) is 18.2 Å². The Morgan fingerprint density at radius 1 is 1.23 bits per heavy atom. The van der Waals surface area contributed by atoms with Crippen molar-refractivity contribution in [2.24, 2.45) is 5.92 Å². The number of hydrogen-bond donors (Lipinski definition) is 1. The molecule has 6 nitrogen and oxygen atoms in total. The largest absolute Gasteiger partial charge is 0.373 e. The molecular weight excluding hydrogens is 370 g/mol. The maximum absolute atomic E-state index is 12.8. The summed E-state index contributed by atoms with van der Waals surface area (Å²) in [5.74, 6) is 0.753. The molecule has 2 saturated heterocycles. The maximum atomic E-state index is 12.8. The van der Waals surface area contributed by atoms with E-state index < -0.39 is 10.2 Å². The smallest absolute Gasteiger partial charge is 0.279 e.